The van der Waals surface area contributed by atoms with E-state index in [0.717, 1.165) is 29.7 Å². The highest BCUT2D eigenvalue weighted by molar-refractivity contribution is 7.90. The molecule has 2 aromatic rings. The van der Waals surface area contributed by atoms with E-state index in [9.17, 15) is 8.42 Å². The van der Waals surface area contributed by atoms with Gasteiger partial charge in [-0.25, -0.2) is 13.1 Å². The number of hydrogen-bond donors (Lipinski definition) is 2. The van der Waals surface area contributed by atoms with Crippen LogP contribution in [-0.2, 0) is 22.9 Å². The Morgan fingerprint density at radius 3 is 2.43 bits per heavy atom. The molecule has 0 saturated carbocycles. The Hall–Kier alpha value is -1.85. The van der Waals surface area contributed by atoms with Crippen LogP contribution in [0.4, 0.5) is 5.69 Å². The van der Waals surface area contributed by atoms with Crippen molar-refractivity contribution in [1.29, 1.82) is 0 Å². The van der Waals surface area contributed by atoms with Gasteiger partial charge < -0.3 is 5.73 Å². The second-order valence-electron chi connectivity index (χ2n) is 6.43. The predicted molar refractivity (Wildman–Crippen MR) is 94.7 cm³/mol. The van der Waals surface area contributed by atoms with Crippen LogP contribution < -0.4 is 10.5 Å². The summed E-state index contributed by atoms with van der Waals surface area (Å²) in [5, 5.41) is -0.408. The lowest BCUT2D eigenvalue weighted by Crippen LogP contribution is -2.39. The van der Waals surface area contributed by atoms with Crippen LogP contribution in [0.3, 0.4) is 0 Å². The van der Waals surface area contributed by atoms with E-state index in [1.807, 2.05) is 24.3 Å². The van der Waals surface area contributed by atoms with Gasteiger partial charge in [-0.1, -0.05) is 30.3 Å². The van der Waals surface area contributed by atoms with Gasteiger partial charge in [0.05, 0.1) is 5.25 Å². The van der Waals surface area contributed by atoms with Crippen LogP contribution in [0.15, 0.2) is 42.5 Å². The molecule has 1 aliphatic rings. The molecule has 1 atom stereocenters. The molecule has 0 aromatic heterocycles. The van der Waals surface area contributed by atoms with Crippen LogP contribution in [0.25, 0.3) is 11.1 Å². The summed E-state index contributed by atoms with van der Waals surface area (Å²) >= 11 is 0. The molecule has 0 heterocycles. The van der Waals surface area contributed by atoms with Crippen molar-refractivity contribution < 1.29 is 8.42 Å². The lowest BCUT2D eigenvalue weighted by molar-refractivity contribution is 0.547. The number of benzene rings is 2. The highest BCUT2D eigenvalue weighted by atomic mass is 32.2. The number of hydrogen-bond acceptors (Lipinski definition) is 3. The van der Waals surface area contributed by atoms with Crippen LogP contribution in [0.1, 0.15) is 25.0 Å². The van der Waals surface area contributed by atoms with E-state index >= 15 is 0 Å². The number of fused-ring (bicyclic) bond motifs is 1. The van der Waals surface area contributed by atoms with Crippen molar-refractivity contribution in [1.82, 2.24) is 4.72 Å². The summed E-state index contributed by atoms with van der Waals surface area (Å²) < 4.78 is 26.9. The molecule has 0 amide bonds. The molecule has 0 spiro atoms. The third-order valence-corrected chi connectivity index (χ3v) is 6.21. The number of sulfonamides is 1. The van der Waals surface area contributed by atoms with Crippen LogP contribution >= 0.6 is 0 Å². The maximum atomic E-state index is 12.0. The van der Waals surface area contributed by atoms with Gasteiger partial charge in [-0.15, -0.1) is 0 Å². The zero-order valence-electron chi connectivity index (χ0n) is 13.4. The zero-order chi connectivity index (χ0) is 16.6. The van der Waals surface area contributed by atoms with Gasteiger partial charge in [-0.3, -0.25) is 0 Å². The largest absolute Gasteiger partial charge is 0.399 e. The maximum absolute atomic E-state index is 12.0. The minimum Gasteiger partial charge on any atom is -0.399 e. The lowest BCUT2D eigenvalue weighted by Gasteiger charge is -2.14. The maximum Gasteiger partial charge on any atom is 0.214 e. The van der Waals surface area contributed by atoms with E-state index in [0.29, 0.717) is 0 Å². The van der Waals surface area contributed by atoms with E-state index in [-0.39, 0.29) is 6.04 Å². The summed E-state index contributed by atoms with van der Waals surface area (Å²) in [4.78, 5) is 0. The zero-order valence-corrected chi connectivity index (χ0v) is 14.2. The molecule has 1 unspecified atom stereocenters. The summed E-state index contributed by atoms with van der Waals surface area (Å²) in [5.74, 6) is 0. The number of nitrogens with one attached hydrogen (secondary N) is 1. The molecule has 0 saturated heterocycles. The molecule has 122 valence electrons. The molecule has 0 bridgehead atoms. The monoisotopic (exact) mass is 330 g/mol. The predicted octanol–water partition coefficient (Wildman–Crippen LogP) is 2.73. The standard InChI is InChI=1S/C18H22N2O2S/c1-12(2)23(21,22)20-18-10-15-7-6-14(8-16(15)11-18)13-4-3-5-17(19)9-13/h3-9,12,18,20H,10-11,19H2,1-2H3. The summed E-state index contributed by atoms with van der Waals surface area (Å²) in [7, 11) is -3.23. The Bertz CT molecular complexity index is 829. The molecule has 3 N–H and O–H groups in total. The molecule has 3 rings (SSSR count). The first-order chi connectivity index (χ1) is 10.8. The van der Waals surface area contributed by atoms with E-state index in [1.54, 1.807) is 13.8 Å². The summed E-state index contributed by atoms with van der Waals surface area (Å²) in [6.45, 7) is 3.39. The van der Waals surface area contributed by atoms with Gasteiger partial charge >= 0.3 is 0 Å². The molecule has 5 heteroatoms. The van der Waals surface area contributed by atoms with Crippen molar-refractivity contribution in [3.8, 4) is 11.1 Å². The Morgan fingerprint density at radius 1 is 1.04 bits per heavy atom. The Kier molecular flexibility index (Phi) is 4.17. The molecule has 23 heavy (non-hydrogen) atoms. The van der Waals surface area contributed by atoms with Crippen molar-refractivity contribution >= 4 is 15.7 Å². The Labute approximate surface area is 137 Å². The average Bonchev–Trinajstić information content (AvgIpc) is 2.87. The van der Waals surface area contributed by atoms with Crippen molar-refractivity contribution in [2.24, 2.45) is 0 Å². The third-order valence-electron chi connectivity index (χ3n) is 4.31. The van der Waals surface area contributed by atoms with Crippen LogP contribution in [0.2, 0.25) is 0 Å². The minimum absolute atomic E-state index is 0.0477. The highest BCUT2D eigenvalue weighted by Crippen LogP contribution is 2.29. The van der Waals surface area contributed by atoms with E-state index in [2.05, 4.69) is 22.9 Å². The molecule has 2 aromatic carbocycles. The molecule has 0 radical (unpaired) electrons. The van der Waals surface area contributed by atoms with Crippen molar-refractivity contribution in [3.63, 3.8) is 0 Å². The second kappa shape index (κ2) is 5.98. The van der Waals surface area contributed by atoms with Crippen LogP contribution in [0.5, 0.6) is 0 Å². The second-order valence-corrected chi connectivity index (χ2v) is 8.69. The average molecular weight is 330 g/mol. The van der Waals surface area contributed by atoms with Gasteiger partial charge in [0.25, 0.3) is 0 Å². The smallest absolute Gasteiger partial charge is 0.214 e. The Morgan fingerprint density at radius 2 is 1.74 bits per heavy atom. The van der Waals surface area contributed by atoms with Crippen molar-refractivity contribution in [2.45, 2.75) is 38.0 Å². The number of anilines is 1. The fraction of sp³-hybridized carbons (Fsp3) is 0.333. The van der Waals surface area contributed by atoms with Gasteiger partial charge in [0.15, 0.2) is 0 Å². The normalized spacial score (nSPS) is 17.4. The van der Waals surface area contributed by atoms with E-state index < -0.39 is 15.3 Å². The fourth-order valence-electron chi connectivity index (χ4n) is 2.97. The van der Waals surface area contributed by atoms with Gasteiger partial charge in [-0.2, -0.15) is 0 Å². The topological polar surface area (TPSA) is 72.2 Å². The quantitative estimate of drug-likeness (QED) is 0.847. The number of nitrogens with two attached hydrogens (primary N) is 1. The number of rotatable bonds is 4. The van der Waals surface area contributed by atoms with Gasteiger partial charge in [0.2, 0.25) is 10.0 Å². The minimum atomic E-state index is -3.23. The van der Waals surface area contributed by atoms with Crippen molar-refractivity contribution in [3.05, 3.63) is 53.6 Å². The van der Waals surface area contributed by atoms with Gasteiger partial charge in [0, 0.05) is 11.7 Å². The fourth-order valence-corrected chi connectivity index (χ4v) is 3.87. The highest BCUT2D eigenvalue weighted by Gasteiger charge is 2.27. The summed E-state index contributed by atoms with van der Waals surface area (Å²) in [5.41, 5.74) is 11.2. The Balaban J connectivity index is 1.82. The van der Waals surface area contributed by atoms with Crippen LogP contribution in [0, 0.1) is 0 Å². The first kappa shape index (κ1) is 16.0. The van der Waals surface area contributed by atoms with Crippen LogP contribution in [-0.4, -0.2) is 19.7 Å². The SMILES string of the molecule is CC(C)S(=O)(=O)NC1Cc2ccc(-c3cccc(N)c3)cc2C1. The molecular formula is C18H22N2O2S. The molecule has 0 aliphatic heterocycles. The first-order valence-corrected chi connectivity index (χ1v) is 9.38. The molecule has 0 fully saturated rings. The lowest BCUT2D eigenvalue weighted by atomic mass is 10.0. The first-order valence-electron chi connectivity index (χ1n) is 7.84. The van der Waals surface area contributed by atoms with Gasteiger partial charge in [-0.05, 0) is 61.1 Å². The van der Waals surface area contributed by atoms with E-state index in [1.165, 1.54) is 11.1 Å². The van der Waals surface area contributed by atoms with Crippen molar-refractivity contribution in [2.75, 3.05) is 5.73 Å². The van der Waals surface area contributed by atoms with Gasteiger partial charge in [0.1, 0.15) is 0 Å². The molecule has 1 aliphatic carbocycles. The summed E-state index contributed by atoms with van der Waals surface area (Å²) in [6.07, 6.45) is 1.48. The molecular weight excluding hydrogens is 308 g/mol. The molecule has 4 nitrogen and oxygen atoms in total. The number of nitrogen functional groups attached to an aromatic ring is 1. The van der Waals surface area contributed by atoms with E-state index in [4.69, 9.17) is 5.73 Å². The third kappa shape index (κ3) is 3.41. The summed E-state index contributed by atoms with van der Waals surface area (Å²) in [6, 6.07) is 14.1.